The van der Waals surface area contributed by atoms with Gasteiger partial charge < -0.3 is 9.64 Å². The van der Waals surface area contributed by atoms with Crippen molar-refractivity contribution < 1.29 is 9.53 Å². The summed E-state index contributed by atoms with van der Waals surface area (Å²) < 4.78 is 5.34. The summed E-state index contributed by atoms with van der Waals surface area (Å²) in [5.74, 6) is 0.138. The van der Waals surface area contributed by atoms with Crippen LogP contribution in [0.5, 0.6) is 0 Å². The van der Waals surface area contributed by atoms with Crippen LogP contribution in [0.1, 0.15) is 19.8 Å². The number of amides is 1. The van der Waals surface area contributed by atoms with Crippen LogP contribution in [0.4, 0.5) is 5.69 Å². The lowest BCUT2D eigenvalue weighted by molar-refractivity contribution is -0.118. The summed E-state index contributed by atoms with van der Waals surface area (Å²) in [4.78, 5) is 16.4. The number of carbonyl (C=O) groups excluding carboxylic acids is 1. The Hall–Kier alpha value is -0.810. The minimum Gasteiger partial charge on any atom is -0.379 e. The molecule has 1 aliphatic heterocycles. The lowest BCUT2D eigenvalue weighted by Gasteiger charge is -2.28. The third-order valence-electron chi connectivity index (χ3n) is 3.68. The fraction of sp³-hybridized carbons (Fsp3) is 0.562. The average molecular weight is 347 g/mol. The second kappa shape index (κ2) is 10.1. The van der Waals surface area contributed by atoms with Gasteiger partial charge in [0.05, 0.1) is 13.2 Å². The van der Waals surface area contributed by atoms with Crippen molar-refractivity contribution in [2.24, 2.45) is 0 Å². The molecule has 0 atom stereocenters. The SMILES string of the molecule is CCC(=O)N(CCCN1CCOCC1)c1cccc(Cl)c1.Cl. The summed E-state index contributed by atoms with van der Waals surface area (Å²) in [6.45, 7) is 7.21. The van der Waals surface area contributed by atoms with E-state index >= 15 is 0 Å². The quantitative estimate of drug-likeness (QED) is 0.792. The maximum atomic E-state index is 12.2. The van der Waals surface area contributed by atoms with E-state index in [2.05, 4.69) is 4.90 Å². The first-order chi connectivity index (χ1) is 10.2. The second-order valence-electron chi connectivity index (χ2n) is 5.19. The van der Waals surface area contributed by atoms with Crippen LogP contribution < -0.4 is 4.90 Å². The van der Waals surface area contributed by atoms with Gasteiger partial charge in [-0.3, -0.25) is 9.69 Å². The third kappa shape index (κ3) is 5.76. The Bertz CT molecular complexity index is 465. The molecule has 0 saturated carbocycles. The highest BCUT2D eigenvalue weighted by atomic mass is 35.5. The molecule has 0 spiro atoms. The molecule has 0 N–H and O–H groups in total. The molecular weight excluding hydrogens is 323 g/mol. The van der Waals surface area contributed by atoms with Gasteiger partial charge >= 0.3 is 0 Å². The number of ether oxygens (including phenoxy) is 1. The fourth-order valence-electron chi connectivity index (χ4n) is 2.51. The summed E-state index contributed by atoms with van der Waals surface area (Å²) in [7, 11) is 0. The zero-order valence-electron chi connectivity index (χ0n) is 13.0. The molecule has 0 aromatic heterocycles. The normalized spacial score (nSPS) is 15.2. The van der Waals surface area contributed by atoms with Crippen LogP contribution in [0.2, 0.25) is 5.02 Å². The summed E-state index contributed by atoms with van der Waals surface area (Å²) in [5.41, 5.74) is 0.885. The highest BCUT2D eigenvalue weighted by Gasteiger charge is 2.15. The van der Waals surface area contributed by atoms with E-state index in [4.69, 9.17) is 16.3 Å². The molecule has 0 aliphatic carbocycles. The Morgan fingerprint density at radius 2 is 2.09 bits per heavy atom. The summed E-state index contributed by atoms with van der Waals surface area (Å²) >= 11 is 6.03. The van der Waals surface area contributed by atoms with Crippen LogP contribution in [0.15, 0.2) is 24.3 Å². The van der Waals surface area contributed by atoms with Gasteiger partial charge in [0.25, 0.3) is 0 Å². The molecule has 22 heavy (non-hydrogen) atoms. The average Bonchev–Trinajstić information content (AvgIpc) is 2.52. The van der Waals surface area contributed by atoms with Crippen LogP contribution in [0.25, 0.3) is 0 Å². The molecule has 2 rings (SSSR count). The molecule has 1 aromatic carbocycles. The number of anilines is 1. The molecule has 0 radical (unpaired) electrons. The lowest BCUT2D eigenvalue weighted by atomic mass is 10.2. The second-order valence-corrected chi connectivity index (χ2v) is 5.62. The fourth-order valence-corrected chi connectivity index (χ4v) is 2.69. The molecule has 1 heterocycles. The van der Waals surface area contributed by atoms with Crippen LogP contribution >= 0.6 is 24.0 Å². The largest absolute Gasteiger partial charge is 0.379 e. The first-order valence-electron chi connectivity index (χ1n) is 7.56. The van der Waals surface area contributed by atoms with E-state index in [0.29, 0.717) is 11.4 Å². The van der Waals surface area contributed by atoms with Crippen LogP contribution in [0.3, 0.4) is 0 Å². The van der Waals surface area contributed by atoms with Crippen molar-refractivity contribution in [1.29, 1.82) is 0 Å². The number of halogens is 2. The number of hydrogen-bond donors (Lipinski definition) is 0. The van der Waals surface area contributed by atoms with Gasteiger partial charge in [0.1, 0.15) is 0 Å². The maximum absolute atomic E-state index is 12.2. The highest BCUT2D eigenvalue weighted by Crippen LogP contribution is 2.20. The van der Waals surface area contributed by atoms with Crippen molar-refractivity contribution in [1.82, 2.24) is 4.90 Å². The van der Waals surface area contributed by atoms with E-state index in [1.54, 1.807) is 0 Å². The Morgan fingerprint density at radius 3 is 2.73 bits per heavy atom. The predicted molar refractivity (Wildman–Crippen MR) is 93.2 cm³/mol. The molecule has 1 fully saturated rings. The van der Waals surface area contributed by atoms with Crippen LogP contribution in [0, 0.1) is 0 Å². The van der Waals surface area contributed by atoms with Gasteiger partial charge in [0.2, 0.25) is 5.91 Å². The maximum Gasteiger partial charge on any atom is 0.226 e. The minimum absolute atomic E-state index is 0. The van der Waals surface area contributed by atoms with Crippen molar-refractivity contribution in [3.8, 4) is 0 Å². The van der Waals surface area contributed by atoms with Gasteiger partial charge in [-0.1, -0.05) is 24.6 Å². The van der Waals surface area contributed by atoms with E-state index in [9.17, 15) is 4.79 Å². The van der Waals surface area contributed by atoms with Crippen molar-refractivity contribution >= 4 is 35.6 Å². The van der Waals surface area contributed by atoms with Crippen molar-refractivity contribution in [2.75, 3.05) is 44.3 Å². The Kier molecular flexibility index (Phi) is 8.79. The van der Waals surface area contributed by atoms with Crippen molar-refractivity contribution in [3.05, 3.63) is 29.3 Å². The van der Waals surface area contributed by atoms with Gasteiger partial charge in [-0.2, -0.15) is 0 Å². The predicted octanol–water partition coefficient (Wildman–Crippen LogP) is 3.23. The number of rotatable bonds is 6. The summed E-state index contributed by atoms with van der Waals surface area (Å²) in [6.07, 6.45) is 1.46. The number of nitrogens with zero attached hydrogens (tertiary/aromatic N) is 2. The van der Waals surface area contributed by atoms with E-state index in [0.717, 1.165) is 51.5 Å². The number of hydrogen-bond acceptors (Lipinski definition) is 3. The van der Waals surface area contributed by atoms with Gasteiger partial charge in [-0.25, -0.2) is 0 Å². The highest BCUT2D eigenvalue weighted by molar-refractivity contribution is 6.30. The van der Waals surface area contributed by atoms with Gasteiger partial charge in [0.15, 0.2) is 0 Å². The van der Waals surface area contributed by atoms with E-state index in [-0.39, 0.29) is 18.3 Å². The number of carbonyl (C=O) groups is 1. The van der Waals surface area contributed by atoms with Gasteiger partial charge in [-0.15, -0.1) is 12.4 Å². The smallest absolute Gasteiger partial charge is 0.226 e. The first kappa shape index (κ1) is 19.2. The molecule has 1 aliphatic rings. The van der Waals surface area contributed by atoms with Crippen LogP contribution in [-0.4, -0.2) is 50.2 Å². The molecule has 124 valence electrons. The molecule has 0 bridgehead atoms. The minimum atomic E-state index is 0. The van der Waals surface area contributed by atoms with Crippen molar-refractivity contribution in [2.45, 2.75) is 19.8 Å². The summed E-state index contributed by atoms with van der Waals surface area (Å²) in [5, 5.41) is 0.662. The van der Waals surface area contributed by atoms with Gasteiger partial charge in [-0.05, 0) is 24.6 Å². The summed E-state index contributed by atoms with van der Waals surface area (Å²) in [6, 6.07) is 7.50. The molecule has 1 amide bonds. The zero-order chi connectivity index (χ0) is 15.1. The zero-order valence-corrected chi connectivity index (χ0v) is 14.5. The molecule has 1 saturated heterocycles. The topological polar surface area (TPSA) is 32.8 Å². The number of morpholine rings is 1. The standard InChI is InChI=1S/C16H23ClN2O2.ClH/c1-2-16(20)19(15-6-3-5-14(17)13-15)8-4-7-18-9-11-21-12-10-18;/h3,5-6,13H,2,4,7-12H2,1H3;1H. The number of benzene rings is 1. The Morgan fingerprint density at radius 1 is 1.36 bits per heavy atom. The van der Waals surface area contributed by atoms with Gasteiger partial charge in [0, 0.05) is 43.3 Å². The van der Waals surface area contributed by atoms with E-state index in [1.807, 2.05) is 36.1 Å². The molecule has 6 heteroatoms. The van der Waals surface area contributed by atoms with Crippen molar-refractivity contribution in [3.63, 3.8) is 0 Å². The van der Waals surface area contributed by atoms with E-state index in [1.165, 1.54) is 0 Å². The molecular formula is C16H24Cl2N2O2. The molecule has 0 unspecified atom stereocenters. The first-order valence-corrected chi connectivity index (χ1v) is 7.94. The lowest BCUT2D eigenvalue weighted by Crippen LogP contribution is -2.39. The third-order valence-corrected chi connectivity index (χ3v) is 3.92. The molecule has 1 aromatic rings. The van der Waals surface area contributed by atoms with Crippen LogP contribution in [-0.2, 0) is 9.53 Å². The Labute approximate surface area is 143 Å². The monoisotopic (exact) mass is 346 g/mol. The molecule has 4 nitrogen and oxygen atoms in total. The Balaban J connectivity index is 0.00000242. The van der Waals surface area contributed by atoms with E-state index < -0.39 is 0 Å².